The number of carbonyl (C=O) groups is 1. The van der Waals surface area contributed by atoms with E-state index in [1.807, 2.05) is 48.5 Å². The van der Waals surface area contributed by atoms with Crippen LogP contribution in [0.3, 0.4) is 0 Å². The Morgan fingerprint density at radius 1 is 1.23 bits per heavy atom. The van der Waals surface area contributed by atoms with E-state index in [1.165, 1.54) is 11.8 Å². The minimum absolute atomic E-state index is 0.123. The number of hydrogen-bond acceptors (Lipinski definition) is 3. The van der Waals surface area contributed by atoms with Gasteiger partial charge >= 0.3 is 0 Å². The fourth-order valence-corrected chi connectivity index (χ4v) is 2.92. The van der Waals surface area contributed by atoms with Gasteiger partial charge in [-0.1, -0.05) is 57.9 Å². The summed E-state index contributed by atoms with van der Waals surface area (Å²) >= 11 is 10.8. The summed E-state index contributed by atoms with van der Waals surface area (Å²) in [5.74, 6) is 0.997. The molecule has 0 aromatic heterocycles. The number of halogens is 2. The fourth-order valence-electron chi connectivity index (χ4n) is 1.63. The predicted octanol–water partition coefficient (Wildman–Crippen LogP) is 4.49. The third-order valence-electron chi connectivity index (χ3n) is 2.71. The minimum atomic E-state index is -0.123. The standard InChI is InChI=1S/C16H14BrClN2OS/c17-15-4-2-1-3-13(15)9-19-20-16(21)11-22-10-12-5-7-14(18)8-6-12/h1-9H,10-11H2,(H,20,21)/b19-9-. The summed E-state index contributed by atoms with van der Waals surface area (Å²) in [6.07, 6.45) is 1.62. The molecule has 1 N–H and O–H groups in total. The average molecular weight is 398 g/mol. The van der Waals surface area contributed by atoms with Crippen molar-refractivity contribution in [3.05, 3.63) is 69.2 Å². The van der Waals surface area contributed by atoms with E-state index in [0.29, 0.717) is 10.8 Å². The molecule has 0 atom stereocenters. The number of carbonyl (C=O) groups excluding carboxylic acids is 1. The summed E-state index contributed by atoms with van der Waals surface area (Å²) in [6, 6.07) is 15.3. The van der Waals surface area contributed by atoms with E-state index in [4.69, 9.17) is 11.6 Å². The quantitative estimate of drug-likeness (QED) is 0.576. The van der Waals surface area contributed by atoms with Crippen molar-refractivity contribution < 1.29 is 4.79 Å². The van der Waals surface area contributed by atoms with Crippen LogP contribution in [0.1, 0.15) is 11.1 Å². The Kier molecular flexibility index (Phi) is 6.96. The van der Waals surface area contributed by atoms with Crippen LogP contribution in [0.15, 0.2) is 58.1 Å². The van der Waals surface area contributed by atoms with Crippen molar-refractivity contribution in [2.75, 3.05) is 5.75 Å². The molecule has 1 amide bonds. The third kappa shape index (κ3) is 5.83. The van der Waals surface area contributed by atoms with Crippen molar-refractivity contribution in [2.45, 2.75) is 5.75 Å². The van der Waals surface area contributed by atoms with Gasteiger partial charge in [0.25, 0.3) is 0 Å². The average Bonchev–Trinajstić information content (AvgIpc) is 2.51. The van der Waals surface area contributed by atoms with E-state index >= 15 is 0 Å². The van der Waals surface area contributed by atoms with E-state index in [1.54, 1.807) is 6.21 Å². The summed E-state index contributed by atoms with van der Waals surface area (Å²) in [6.45, 7) is 0. The maximum Gasteiger partial charge on any atom is 0.250 e. The van der Waals surface area contributed by atoms with E-state index in [2.05, 4.69) is 26.5 Å². The van der Waals surface area contributed by atoms with Crippen molar-refractivity contribution in [1.29, 1.82) is 0 Å². The lowest BCUT2D eigenvalue weighted by Crippen LogP contribution is -2.19. The van der Waals surface area contributed by atoms with Crippen LogP contribution >= 0.6 is 39.3 Å². The van der Waals surface area contributed by atoms with E-state index in [0.717, 1.165) is 21.4 Å². The zero-order valence-electron chi connectivity index (χ0n) is 11.6. The molecule has 0 fully saturated rings. The second-order valence-corrected chi connectivity index (χ2v) is 6.71. The van der Waals surface area contributed by atoms with Crippen molar-refractivity contribution in [3.63, 3.8) is 0 Å². The van der Waals surface area contributed by atoms with Gasteiger partial charge in [0.05, 0.1) is 12.0 Å². The summed E-state index contributed by atoms with van der Waals surface area (Å²) in [7, 11) is 0. The molecule has 0 aliphatic heterocycles. The number of hydrogen-bond donors (Lipinski definition) is 1. The van der Waals surface area contributed by atoms with Gasteiger partial charge in [-0.25, -0.2) is 5.43 Å². The second-order valence-electron chi connectivity index (χ2n) is 4.43. The highest BCUT2D eigenvalue weighted by molar-refractivity contribution is 9.10. The lowest BCUT2D eigenvalue weighted by Gasteiger charge is -2.02. The van der Waals surface area contributed by atoms with E-state index < -0.39 is 0 Å². The van der Waals surface area contributed by atoms with Crippen molar-refractivity contribution in [2.24, 2.45) is 5.10 Å². The topological polar surface area (TPSA) is 41.5 Å². The first-order valence-electron chi connectivity index (χ1n) is 6.54. The minimum Gasteiger partial charge on any atom is -0.272 e. The second kappa shape index (κ2) is 8.98. The van der Waals surface area contributed by atoms with Gasteiger partial charge in [-0.3, -0.25) is 4.79 Å². The molecule has 0 bridgehead atoms. The van der Waals surface area contributed by atoms with Gasteiger partial charge in [-0.2, -0.15) is 5.10 Å². The Labute approximate surface area is 147 Å². The molecular formula is C16H14BrClN2OS. The van der Waals surface area contributed by atoms with Crippen LogP contribution in [0.4, 0.5) is 0 Å². The summed E-state index contributed by atoms with van der Waals surface area (Å²) in [4.78, 5) is 11.7. The number of nitrogens with zero attached hydrogens (tertiary/aromatic N) is 1. The number of amides is 1. The number of rotatable bonds is 6. The van der Waals surface area contributed by atoms with Gasteiger partial charge in [0.1, 0.15) is 0 Å². The fraction of sp³-hybridized carbons (Fsp3) is 0.125. The van der Waals surface area contributed by atoms with Crippen molar-refractivity contribution >= 4 is 51.4 Å². The van der Waals surface area contributed by atoms with Gasteiger partial charge in [0, 0.05) is 20.8 Å². The van der Waals surface area contributed by atoms with Crippen LogP contribution in [-0.4, -0.2) is 17.9 Å². The van der Waals surface area contributed by atoms with Gasteiger partial charge in [-0.15, -0.1) is 11.8 Å². The monoisotopic (exact) mass is 396 g/mol. The number of benzene rings is 2. The van der Waals surface area contributed by atoms with Crippen LogP contribution in [0.25, 0.3) is 0 Å². The van der Waals surface area contributed by atoms with E-state index in [9.17, 15) is 4.79 Å². The van der Waals surface area contributed by atoms with Gasteiger partial charge in [0.15, 0.2) is 0 Å². The summed E-state index contributed by atoms with van der Waals surface area (Å²) in [5, 5.41) is 4.67. The van der Waals surface area contributed by atoms with Crippen molar-refractivity contribution in [1.82, 2.24) is 5.43 Å². The van der Waals surface area contributed by atoms with Crippen LogP contribution < -0.4 is 5.43 Å². The SMILES string of the molecule is O=C(CSCc1ccc(Cl)cc1)N/N=C\c1ccccc1Br. The first-order chi connectivity index (χ1) is 10.6. The highest BCUT2D eigenvalue weighted by atomic mass is 79.9. The summed E-state index contributed by atoms with van der Waals surface area (Å²) in [5.41, 5.74) is 4.57. The lowest BCUT2D eigenvalue weighted by atomic mass is 10.2. The molecule has 2 rings (SSSR count). The molecule has 0 aliphatic rings. The normalized spacial score (nSPS) is 10.8. The predicted molar refractivity (Wildman–Crippen MR) is 97.5 cm³/mol. The highest BCUT2D eigenvalue weighted by Gasteiger charge is 2.01. The van der Waals surface area contributed by atoms with Crippen LogP contribution in [-0.2, 0) is 10.5 Å². The maximum atomic E-state index is 11.7. The third-order valence-corrected chi connectivity index (χ3v) is 4.69. The zero-order chi connectivity index (χ0) is 15.8. The smallest absolute Gasteiger partial charge is 0.250 e. The molecule has 0 heterocycles. The lowest BCUT2D eigenvalue weighted by molar-refractivity contribution is -0.118. The molecule has 2 aromatic carbocycles. The van der Waals surface area contributed by atoms with E-state index in [-0.39, 0.29) is 5.91 Å². The highest BCUT2D eigenvalue weighted by Crippen LogP contribution is 2.15. The Balaban J connectivity index is 1.72. The van der Waals surface area contributed by atoms with Crippen LogP contribution in [0.5, 0.6) is 0 Å². The molecular weight excluding hydrogens is 384 g/mol. The van der Waals surface area contributed by atoms with Crippen LogP contribution in [0, 0.1) is 0 Å². The molecule has 0 radical (unpaired) electrons. The first kappa shape index (κ1) is 17.1. The molecule has 22 heavy (non-hydrogen) atoms. The molecule has 0 spiro atoms. The van der Waals surface area contributed by atoms with Gasteiger partial charge < -0.3 is 0 Å². The molecule has 114 valence electrons. The summed E-state index contributed by atoms with van der Waals surface area (Å²) < 4.78 is 0.935. The first-order valence-corrected chi connectivity index (χ1v) is 8.86. The molecule has 0 saturated heterocycles. The van der Waals surface area contributed by atoms with Gasteiger partial charge in [-0.05, 0) is 23.8 Å². The number of nitrogens with one attached hydrogen (secondary N) is 1. The molecule has 0 aliphatic carbocycles. The Morgan fingerprint density at radius 3 is 2.68 bits per heavy atom. The molecule has 3 nitrogen and oxygen atoms in total. The Bertz CT molecular complexity index is 661. The molecule has 0 unspecified atom stereocenters. The Hall–Kier alpha value is -1.30. The molecule has 6 heteroatoms. The zero-order valence-corrected chi connectivity index (χ0v) is 14.8. The largest absolute Gasteiger partial charge is 0.272 e. The van der Waals surface area contributed by atoms with Crippen molar-refractivity contribution in [3.8, 4) is 0 Å². The van der Waals surface area contributed by atoms with Crippen LogP contribution in [0.2, 0.25) is 5.02 Å². The van der Waals surface area contributed by atoms with Gasteiger partial charge in [0.2, 0.25) is 5.91 Å². The maximum absolute atomic E-state index is 11.7. The number of thioether (sulfide) groups is 1. The Morgan fingerprint density at radius 2 is 1.95 bits per heavy atom. The number of hydrazone groups is 1. The molecule has 2 aromatic rings. The molecule has 0 saturated carbocycles.